The number of carbonyl (C=O) groups is 3. The van der Waals surface area contributed by atoms with Crippen molar-refractivity contribution in [2.45, 2.75) is 39.7 Å². The molecular weight excluding hydrogens is 378 g/mol. The number of aromatic nitrogens is 2. The number of para-hydroxylation sites is 1. The lowest BCUT2D eigenvalue weighted by Crippen LogP contribution is -2.33. The van der Waals surface area contributed by atoms with Gasteiger partial charge in [-0.15, -0.1) is 10.2 Å². The largest absolute Gasteiger partial charge is 0.339 e. The fourth-order valence-electron chi connectivity index (χ4n) is 3.04. The van der Waals surface area contributed by atoms with Crippen LogP contribution in [0.3, 0.4) is 0 Å². The lowest BCUT2D eigenvalue weighted by Gasteiger charge is -2.20. The van der Waals surface area contributed by atoms with E-state index in [1.165, 1.54) is 11.3 Å². The molecule has 1 atom stereocenters. The van der Waals surface area contributed by atoms with Gasteiger partial charge in [-0.25, -0.2) is 0 Å². The van der Waals surface area contributed by atoms with Crippen LogP contribution in [0.4, 0.5) is 10.8 Å². The van der Waals surface area contributed by atoms with E-state index in [4.69, 9.17) is 0 Å². The van der Waals surface area contributed by atoms with Crippen LogP contribution < -0.4 is 10.6 Å². The van der Waals surface area contributed by atoms with E-state index in [-0.39, 0.29) is 30.2 Å². The minimum Gasteiger partial charge on any atom is -0.339 e. The normalized spacial score (nSPS) is 16.5. The highest BCUT2D eigenvalue weighted by atomic mass is 32.1. The van der Waals surface area contributed by atoms with Gasteiger partial charge in [0.05, 0.1) is 17.2 Å². The molecule has 1 aliphatic heterocycles. The van der Waals surface area contributed by atoms with E-state index in [1.54, 1.807) is 29.2 Å². The van der Waals surface area contributed by atoms with Crippen molar-refractivity contribution in [1.29, 1.82) is 0 Å². The van der Waals surface area contributed by atoms with Gasteiger partial charge in [0.2, 0.25) is 16.9 Å². The monoisotopic (exact) mass is 401 g/mol. The Bertz CT molecular complexity index is 895. The van der Waals surface area contributed by atoms with Crippen molar-refractivity contribution in [2.75, 3.05) is 17.2 Å². The summed E-state index contributed by atoms with van der Waals surface area (Å²) in [5.41, 5.74) is 0.731. The Balaban J connectivity index is 1.70. The maximum Gasteiger partial charge on any atom is 0.259 e. The minimum atomic E-state index is -0.429. The Hall–Kier alpha value is -2.81. The number of nitrogens with zero attached hydrogens (tertiary/aromatic N) is 3. The molecule has 8 nitrogen and oxygen atoms in total. The van der Waals surface area contributed by atoms with Crippen LogP contribution >= 0.6 is 11.3 Å². The van der Waals surface area contributed by atoms with Gasteiger partial charge in [0.25, 0.3) is 5.91 Å². The molecule has 3 rings (SSSR count). The van der Waals surface area contributed by atoms with E-state index in [2.05, 4.69) is 20.8 Å². The quantitative estimate of drug-likeness (QED) is 0.774. The highest BCUT2D eigenvalue weighted by Crippen LogP contribution is 2.24. The van der Waals surface area contributed by atoms with Crippen LogP contribution in [0.5, 0.6) is 0 Å². The predicted molar refractivity (Wildman–Crippen MR) is 107 cm³/mol. The summed E-state index contributed by atoms with van der Waals surface area (Å²) in [6.45, 7) is 6.21. The van der Waals surface area contributed by atoms with Crippen molar-refractivity contribution >= 4 is 39.9 Å². The number of carbonyl (C=O) groups excluding carboxylic acids is 3. The number of nitrogens with one attached hydrogen (secondary N) is 2. The van der Waals surface area contributed by atoms with Crippen molar-refractivity contribution in [1.82, 2.24) is 15.1 Å². The van der Waals surface area contributed by atoms with Gasteiger partial charge in [0, 0.05) is 19.0 Å². The highest BCUT2D eigenvalue weighted by Gasteiger charge is 2.35. The number of rotatable bonds is 6. The SMILES string of the molecule is CCc1nnc(NC(=O)c2ccccc2NC(=O)[C@@H]2CC(=O)N(C(C)C)C2)s1. The van der Waals surface area contributed by atoms with Crippen molar-refractivity contribution in [3.05, 3.63) is 34.8 Å². The third-order valence-electron chi connectivity index (χ3n) is 4.57. The number of likely N-dealkylation sites (tertiary alicyclic amines) is 1. The van der Waals surface area contributed by atoms with Crippen LogP contribution in [0.2, 0.25) is 0 Å². The van der Waals surface area contributed by atoms with Gasteiger partial charge in [-0.1, -0.05) is 30.4 Å². The second-order valence-corrected chi connectivity index (χ2v) is 7.95. The van der Waals surface area contributed by atoms with E-state index in [0.29, 0.717) is 22.9 Å². The van der Waals surface area contributed by atoms with E-state index in [1.807, 2.05) is 20.8 Å². The van der Waals surface area contributed by atoms with Crippen LogP contribution in [-0.4, -0.2) is 45.4 Å². The summed E-state index contributed by atoms with van der Waals surface area (Å²) in [4.78, 5) is 39.1. The van der Waals surface area contributed by atoms with Gasteiger partial charge in [-0.2, -0.15) is 0 Å². The van der Waals surface area contributed by atoms with E-state index >= 15 is 0 Å². The average molecular weight is 401 g/mol. The molecule has 1 saturated heterocycles. The summed E-state index contributed by atoms with van der Waals surface area (Å²) >= 11 is 1.31. The molecule has 0 radical (unpaired) electrons. The van der Waals surface area contributed by atoms with Gasteiger partial charge < -0.3 is 10.2 Å². The molecule has 2 N–H and O–H groups in total. The van der Waals surface area contributed by atoms with E-state index < -0.39 is 5.92 Å². The Kier molecular flexibility index (Phi) is 6.03. The third-order valence-corrected chi connectivity index (χ3v) is 5.55. The number of anilines is 2. The lowest BCUT2D eigenvalue weighted by atomic mass is 10.1. The molecule has 0 unspecified atom stereocenters. The Morgan fingerprint density at radius 3 is 2.64 bits per heavy atom. The first-order chi connectivity index (χ1) is 13.4. The molecule has 9 heteroatoms. The second kappa shape index (κ2) is 8.47. The Morgan fingerprint density at radius 2 is 2.00 bits per heavy atom. The van der Waals surface area contributed by atoms with E-state index in [0.717, 1.165) is 11.4 Å². The first-order valence-corrected chi connectivity index (χ1v) is 10.0. The van der Waals surface area contributed by atoms with Crippen molar-refractivity contribution in [2.24, 2.45) is 5.92 Å². The van der Waals surface area contributed by atoms with Gasteiger partial charge in [-0.3, -0.25) is 19.7 Å². The Morgan fingerprint density at radius 1 is 1.25 bits per heavy atom. The molecule has 2 aromatic rings. The maximum atomic E-state index is 12.7. The first-order valence-electron chi connectivity index (χ1n) is 9.22. The number of hydrogen-bond acceptors (Lipinski definition) is 6. The average Bonchev–Trinajstić information content (AvgIpc) is 3.28. The molecule has 1 fully saturated rings. The zero-order valence-electron chi connectivity index (χ0n) is 16.1. The summed E-state index contributed by atoms with van der Waals surface area (Å²) < 4.78 is 0. The van der Waals surface area contributed by atoms with Crippen LogP contribution in [0.15, 0.2) is 24.3 Å². The van der Waals surface area contributed by atoms with Gasteiger partial charge >= 0.3 is 0 Å². The predicted octanol–water partition coefficient (Wildman–Crippen LogP) is 2.55. The topological polar surface area (TPSA) is 104 Å². The fourth-order valence-corrected chi connectivity index (χ4v) is 3.72. The van der Waals surface area contributed by atoms with Crippen molar-refractivity contribution in [3.8, 4) is 0 Å². The zero-order valence-corrected chi connectivity index (χ0v) is 16.9. The molecule has 1 aromatic heterocycles. The van der Waals surface area contributed by atoms with Crippen LogP contribution in [0.1, 0.15) is 42.6 Å². The fraction of sp³-hybridized carbons (Fsp3) is 0.421. The van der Waals surface area contributed by atoms with Crippen molar-refractivity contribution in [3.63, 3.8) is 0 Å². The molecule has 0 saturated carbocycles. The molecular formula is C19H23N5O3S. The molecule has 0 aliphatic carbocycles. The summed E-state index contributed by atoms with van der Waals surface area (Å²) in [5.74, 6) is -1.09. The molecule has 148 valence electrons. The molecule has 0 spiro atoms. The standard InChI is InChI=1S/C19H23N5O3S/c1-4-15-22-23-19(28-15)21-18(27)13-7-5-6-8-14(13)20-17(26)12-9-16(25)24(10-12)11(2)3/h5-8,11-12H,4,9-10H2,1-3H3,(H,20,26)(H,21,23,27)/t12-/m1/s1. The van der Waals surface area contributed by atoms with Crippen LogP contribution in [0, 0.1) is 5.92 Å². The van der Waals surface area contributed by atoms with Crippen molar-refractivity contribution < 1.29 is 14.4 Å². The molecule has 0 bridgehead atoms. The third kappa shape index (κ3) is 4.36. The van der Waals surface area contributed by atoms with Gasteiger partial charge in [0.15, 0.2) is 0 Å². The van der Waals surface area contributed by atoms with Gasteiger partial charge in [0.1, 0.15) is 5.01 Å². The number of amides is 3. The number of benzene rings is 1. The van der Waals surface area contributed by atoms with E-state index in [9.17, 15) is 14.4 Å². The summed E-state index contributed by atoms with van der Waals surface area (Å²) in [6.07, 6.45) is 0.927. The highest BCUT2D eigenvalue weighted by molar-refractivity contribution is 7.15. The maximum absolute atomic E-state index is 12.7. The zero-order chi connectivity index (χ0) is 20.3. The Labute approximate surface area is 167 Å². The van der Waals surface area contributed by atoms with Crippen LogP contribution in [0.25, 0.3) is 0 Å². The van der Waals surface area contributed by atoms with Gasteiger partial charge in [-0.05, 0) is 32.4 Å². The number of hydrogen-bond donors (Lipinski definition) is 2. The second-order valence-electron chi connectivity index (χ2n) is 6.88. The van der Waals surface area contributed by atoms with Crippen LogP contribution in [-0.2, 0) is 16.0 Å². The minimum absolute atomic E-state index is 0.0239. The molecule has 1 aliphatic rings. The summed E-state index contributed by atoms with van der Waals surface area (Å²) in [6, 6.07) is 6.83. The first kappa shape index (κ1) is 19.9. The molecule has 28 heavy (non-hydrogen) atoms. The summed E-state index contributed by atoms with van der Waals surface area (Å²) in [5, 5.41) is 14.7. The molecule has 1 aromatic carbocycles. The smallest absolute Gasteiger partial charge is 0.259 e. The lowest BCUT2D eigenvalue weighted by molar-refractivity contribution is -0.129. The molecule has 2 heterocycles. The summed E-state index contributed by atoms with van der Waals surface area (Å²) in [7, 11) is 0. The molecule has 3 amide bonds. The number of aryl methyl sites for hydroxylation is 1.